The Kier molecular flexibility index (Phi) is 9.69. The molecule has 1 aliphatic rings. The van der Waals surface area contributed by atoms with Gasteiger partial charge in [-0.15, -0.1) is 0 Å². The van der Waals surface area contributed by atoms with Gasteiger partial charge in [0.05, 0.1) is 26.4 Å². The molecule has 1 fully saturated rings. The lowest BCUT2D eigenvalue weighted by atomic mass is 9.81. The third-order valence-corrected chi connectivity index (χ3v) is 6.24. The quantitative estimate of drug-likeness (QED) is 0.319. The van der Waals surface area contributed by atoms with Gasteiger partial charge in [-0.3, -0.25) is 4.79 Å². The van der Waals surface area contributed by atoms with Crippen LogP contribution in [0, 0.1) is 5.92 Å². The molecule has 0 aliphatic heterocycles. The van der Waals surface area contributed by atoms with Crippen molar-refractivity contribution in [3.63, 3.8) is 0 Å². The topological polar surface area (TPSA) is 116 Å². The van der Waals surface area contributed by atoms with Gasteiger partial charge in [-0.2, -0.15) is 0 Å². The number of ether oxygens (including phenoxy) is 3. The Morgan fingerprint density at radius 3 is 2.17 bits per heavy atom. The van der Waals surface area contributed by atoms with Crippen LogP contribution in [0.3, 0.4) is 0 Å². The second-order valence-corrected chi connectivity index (χ2v) is 8.56. The molecule has 0 radical (unpaired) electrons. The fraction of sp³-hybridized carbons (Fsp3) is 0.444. The van der Waals surface area contributed by atoms with Crippen molar-refractivity contribution in [1.29, 1.82) is 0 Å². The zero-order chi connectivity index (χ0) is 26.1. The molecule has 0 bridgehead atoms. The number of amides is 1. The van der Waals surface area contributed by atoms with Crippen LogP contribution in [-0.4, -0.2) is 56.7 Å². The molecular weight excluding hydrogens is 464 g/mol. The summed E-state index contributed by atoms with van der Waals surface area (Å²) >= 11 is 0. The number of carbonyl (C=O) groups is 2. The van der Waals surface area contributed by atoms with Crippen LogP contribution in [0.15, 0.2) is 41.6 Å². The molecule has 194 valence electrons. The maximum Gasteiger partial charge on any atom is 0.326 e. The standard InChI is InChI=1S/C27H34N2O7/c1-5-36-16-18-14-22(33-2)24(23(15-18)34-3)19-11-9-17(10-12-19)13-21(27(31)32)28-26(30)25(29-35-4)20-7-6-8-20/h9-12,14-15,20-21H,5-8,13,16H2,1-4H3,(H,28,30)(H,31,32)/t21-/m0/s1. The van der Waals surface area contributed by atoms with E-state index < -0.39 is 17.9 Å². The second kappa shape index (κ2) is 12.9. The van der Waals surface area contributed by atoms with Crippen molar-refractivity contribution in [2.24, 2.45) is 11.1 Å². The minimum absolute atomic E-state index is 0.00330. The molecule has 2 aromatic carbocycles. The van der Waals surface area contributed by atoms with Gasteiger partial charge < -0.3 is 29.5 Å². The SMILES string of the molecule is CCOCc1cc(OC)c(-c2ccc(C[C@H](NC(=O)C(=NOC)C3CCC3)C(=O)O)cc2)c(OC)c1. The van der Waals surface area contributed by atoms with Gasteiger partial charge in [0.15, 0.2) is 0 Å². The zero-order valence-corrected chi connectivity index (χ0v) is 21.2. The highest BCUT2D eigenvalue weighted by molar-refractivity contribution is 6.40. The number of oxime groups is 1. The van der Waals surface area contributed by atoms with E-state index in [-0.39, 0.29) is 18.1 Å². The summed E-state index contributed by atoms with van der Waals surface area (Å²) in [6.45, 7) is 2.99. The molecule has 1 aliphatic carbocycles. The first-order valence-corrected chi connectivity index (χ1v) is 12.0. The van der Waals surface area contributed by atoms with Gasteiger partial charge in [-0.1, -0.05) is 35.8 Å². The lowest BCUT2D eigenvalue weighted by molar-refractivity contribution is -0.141. The van der Waals surface area contributed by atoms with Gasteiger partial charge in [0.2, 0.25) is 0 Å². The lowest BCUT2D eigenvalue weighted by Crippen LogP contribution is -2.47. The minimum atomic E-state index is -1.12. The molecule has 3 rings (SSSR count). The summed E-state index contributed by atoms with van der Waals surface area (Å²) in [5.41, 5.74) is 3.58. The number of rotatable bonds is 13. The van der Waals surface area contributed by atoms with Crippen LogP contribution in [0.1, 0.15) is 37.3 Å². The number of nitrogens with zero attached hydrogens (tertiary/aromatic N) is 1. The Hall–Kier alpha value is -3.59. The predicted molar refractivity (Wildman–Crippen MR) is 135 cm³/mol. The van der Waals surface area contributed by atoms with Gasteiger partial charge in [-0.25, -0.2) is 4.79 Å². The Morgan fingerprint density at radius 1 is 1.06 bits per heavy atom. The van der Waals surface area contributed by atoms with Gasteiger partial charge in [0.25, 0.3) is 5.91 Å². The Bertz CT molecular complexity index is 1050. The smallest absolute Gasteiger partial charge is 0.326 e. The zero-order valence-electron chi connectivity index (χ0n) is 21.2. The van der Waals surface area contributed by atoms with Crippen molar-refractivity contribution in [2.45, 2.75) is 45.3 Å². The number of aliphatic carboxylic acids is 1. The summed E-state index contributed by atoms with van der Waals surface area (Å²) in [4.78, 5) is 29.4. The molecular formula is C27H34N2O7. The fourth-order valence-corrected chi connectivity index (χ4v) is 4.11. The van der Waals surface area contributed by atoms with Crippen LogP contribution in [0.5, 0.6) is 11.5 Å². The number of methoxy groups -OCH3 is 2. The molecule has 9 heteroatoms. The highest BCUT2D eigenvalue weighted by Gasteiger charge is 2.31. The molecule has 0 unspecified atom stereocenters. The van der Waals surface area contributed by atoms with Crippen LogP contribution in [0.2, 0.25) is 0 Å². The maximum atomic E-state index is 12.7. The summed E-state index contributed by atoms with van der Waals surface area (Å²) in [6, 6.07) is 10.2. The highest BCUT2D eigenvalue weighted by Crippen LogP contribution is 2.40. The average Bonchev–Trinajstić information content (AvgIpc) is 2.85. The van der Waals surface area contributed by atoms with Gasteiger partial charge >= 0.3 is 5.97 Å². The average molecular weight is 499 g/mol. The van der Waals surface area contributed by atoms with Gasteiger partial charge in [0.1, 0.15) is 30.4 Å². The van der Waals surface area contributed by atoms with Gasteiger partial charge in [0, 0.05) is 18.9 Å². The van der Waals surface area contributed by atoms with E-state index in [1.54, 1.807) is 14.2 Å². The monoisotopic (exact) mass is 498 g/mol. The van der Waals surface area contributed by atoms with Gasteiger partial charge in [-0.05, 0) is 48.6 Å². The third kappa shape index (κ3) is 6.54. The van der Waals surface area contributed by atoms with Crippen molar-refractivity contribution in [3.8, 4) is 22.6 Å². The van der Waals surface area contributed by atoms with Crippen LogP contribution in [0.25, 0.3) is 11.1 Å². The van der Waals surface area contributed by atoms with E-state index in [2.05, 4.69) is 10.5 Å². The molecule has 2 N–H and O–H groups in total. The molecule has 1 amide bonds. The number of carboxylic acid groups (broad SMARTS) is 1. The minimum Gasteiger partial charge on any atom is -0.496 e. The maximum absolute atomic E-state index is 12.7. The van der Waals surface area contributed by atoms with E-state index in [1.807, 2.05) is 43.3 Å². The van der Waals surface area contributed by atoms with E-state index in [4.69, 9.17) is 19.0 Å². The lowest BCUT2D eigenvalue weighted by Gasteiger charge is -2.26. The summed E-state index contributed by atoms with van der Waals surface area (Å²) in [7, 11) is 4.57. The van der Waals surface area contributed by atoms with Crippen molar-refractivity contribution in [1.82, 2.24) is 5.32 Å². The fourth-order valence-electron chi connectivity index (χ4n) is 4.11. The predicted octanol–water partition coefficient (Wildman–Crippen LogP) is 3.82. The third-order valence-electron chi connectivity index (χ3n) is 6.24. The molecule has 36 heavy (non-hydrogen) atoms. The molecule has 2 aromatic rings. The molecule has 9 nitrogen and oxygen atoms in total. The molecule has 1 saturated carbocycles. The van der Waals surface area contributed by atoms with Crippen molar-refractivity contribution < 1.29 is 33.7 Å². The van der Waals surface area contributed by atoms with E-state index in [0.29, 0.717) is 24.7 Å². The van der Waals surface area contributed by atoms with E-state index in [1.165, 1.54) is 7.11 Å². The Morgan fingerprint density at radius 2 is 1.69 bits per heavy atom. The number of benzene rings is 2. The first-order chi connectivity index (χ1) is 17.4. The second-order valence-electron chi connectivity index (χ2n) is 8.56. The van der Waals surface area contributed by atoms with Crippen LogP contribution in [-0.2, 0) is 32.2 Å². The molecule has 1 atom stereocenters. The van der Waals surface area contributed by atoms with E-state index in [9.17, 15) is 14.7 Å². The van der Waals surface area contributed by atoms with E-state index >= 15 is 0 Å². The Labute approximate surface area is 211 Å². The molecule has 0 aromatic heterocycles. The normalized spacial score (nSPS) is 14.5. The Balaban J connectivity index is 1.79. The first-order valence-electron chi connectivity index (χ1n) is 12.0. The number of nitrogens with one attached hydrogen (secondary N) is 1. The van der Waals surface area contributed by atoms with Crippen LogP contribution < -0.4 is 14.8 Å². The van der Waals surface area contributed by atoms with Crippen molar-refractivity contribution in [3.05, 3.63) is 47.5 Å². The summed E-state index contributed by atoms with van der Waals surface area (Å²) in [6.07, 6.45) is 2.82. The molecule has 0 saturated heterocycles. The molecule has 0 spiro atoms. The number of carbonyl (C=O) groups excluding carboxylic acids is 1. The largest absolute Gasteiger partial charge is 0.496 e. The summed E-state index contributed by atoms with van der Waals surface area (Å²) in [5.74, 6) is -0.330. The van der Waals surface area contributed by atoms with Crippen LogP contribution >= 0.6 is 0 Å². The number of hydrogen-bond acceptors (Lipinski definition) is 7. The van der Waals surface area contributed by atoms with Crippen molar-refractivity contribution >= 4 is 17.6 Å². The summed E-state index contributed by atoms with van der Waals surface area (Å²) < 4.78 is 16.8. The number of hydrogen-bond donors (Lipinski definition) is 2. The summed E-state index contributed by atoms with van der Waals surface area (Å²) in [5, 5.41) is 16.2. The van der Waals surface area contributed by atoms with E-state index in [0.717, 1.165) is 41.5 Å². The highest BCUT2D eigenvalue weighted by atomic mass is 16.6. The number of carboxylic acids is 1. The first kappa shape index (κ1) is 27.0. The molecule has 0 heterocycles. The van der Waals surface area contributed by atoms with Crippen LogP contribution in [0.4, 0.5) is 0 Å². The van der Waals surface area contributed by atoms with Crippen molar-refractivity contribution in [2.75, 3.05) is 27.9 Å².